The van der Waals surface area contributed by atoms with Gasteiger partial charge in [-0.05, 0) is 66.2 Å². The highest BCUT2D eigenvalue weighted by molar-refractivity contribution is 4.87. The number of piperidine rings is 1. The van der Waals surface area contributed by atoms with Crippen LogP contribution in [-0.4, -0.2) is 62.2 Å². The number of hydrogen-bond acceptors (Lipinski definition) is 3. The SMILES string of the molecule is CNC1CCC(N2CCCC(N(C)C)C2)CC1. The zero-order chi connectivity index (χ0) is 12.3. The molecule has 1 saturated carbocycles. The Hall–Kier alpha value is -0.120. The molecule has 0 aromatic heterocycles. The third-order valence-corrected chi connectivity index (χ3v) is 4.78. The Morgan fingerprint density at radius 2 is 1.76 bits per heavy atom. The molecule has 0 aromatic carbocycles. The van der Waals surface area contributed by atoms with Crippen LogP contribution in [0.4, 0.5) is 0 Å². The fourth-order valence-corrected chi connectivity index (χ4v) is 3.47. The van der Waals surface area contributed by atoms with Crippen molar-refractivity contribution in [2.24, 2.45) is 0 Å². The highest BCUT2D eigenvalue weighted by Gasteiger charge is 2.29. The van der Waals surface area contributed by atoms with Gasteiger partial charge in [0.2, 0.25) is 0 Å². The number of rotatable bonds is 3. The summed E-state index contributed by atoms with van der Waals surface area (Å²) in [4.78, 5) is 5.17. The van der Waals surface area contributed by atoms with Crippen LogP contribution in [0.5, 0.6) is 0 Å². The van der Waals surface area contributed by atoms with Crippen LogP contribution < -0.4 is 5.32 Å². The summed E-state index contributed by atoms with van der Waals surface area (Å²) in [5, 5.41) is 3.43. The molecule has 2 rings (SSSR count). The van der Waals surface area contributed by atoms with Crippen molar-refractivity contribution in [1.82, 2.24) is 15.1 Å². The van der Waals surface area contributed by atoms with Crippen molar-refractivity contribution in [3.63, 3.8) is 0 Å². The maximum Gasteiger partial charge on any atom is 0.0217 e. The van der Waals surface area contributed by atoms with E-state index in [1.807, 2.05) is 0 Å². The van der Waals surface area contributed by atoms with Crippen molar-refractivity contribution in [3.8, 4) is 0 Å². The molecule has 1 atom stereocenters. The molecule has 1 N–H and O–H groups in total. The van der Waals surface area contributed by atoms with E-state index in [0.29, 0.717) is 0 Å². The maximum absolute atomic E-state index is 3.43. The van der Waals surface area contributed by atoms with Crippen LogP contribution in [0.3, 0.4) is 0 Å². The Balaban J connectivity index is 1.82. The molecule has 2 aliphatic rings. The number of hydrogen-bond donors (Lipinski definition) is 1. The second-order valence-electron chi connectivity index (χ2n) is 6.05. The van der Waals surface area contributed by atoms with Gasteiger partial charge in [0.05, 0.1) is 0 Å². The molecule has 0 spiro atoms. The van der Waals surface area contributed by atoms with Crippen LogP contribution in [0.1, 0.15) is 38.5 Å². The van der Waals surface area contributed by atoms with Gasteiger partial charge in [0.1, 0.15) is 0 Å². The van der Waals surface area contributed by atoms with Crippen LogP contribution in [0.2, 0.25) is 0 Å². The first-order valence-electron chi connectivity index (χ1n) is 7.28. The predicted molar refractivity (Wildman–Crippen MR) is 73.4 cm³/mol. The fraction of sp³-hybridized carbons (Fsp3) is 1.00. The standard InChI is InChI=1S/C14H29N3/c1-15-12-6-8-13(9-7-12)17-10-4-5-14(11-17)16(2)3/h12-15H,4-11H2,1-3H3. The summed E-state index contributed by atoms with van der Waals surface area (Å²) in [5.41, 5.74) is 0. The second kappa shape index (κ2) is 6.17. The van der Waals surface area contributed by atoms with E-state index >= 15 is 0 Å². The molecule has 3 heteroatoms. The van der Waals surface area contributed by atoms with Gasteiger partial charge in [0.15, 0.2) is 0 Å². The molecule has 100 valence electrons. The van der Waals surface area contributed by atoms with Crippen molar-refractivity contribution >= 4 is 0 Å². The van der Waals surface area contributed by atoms with Crippen LogP contribution in [0.15, 0.2) is 0 Å². The summed E-state index contributed by atoms with van der Waals surface area (Å²) in [7, 11) is 6.56. The summed E-state index contributed by atoms with van der Waals surface area (Å²) in [6, 6.07) is 2.42. The topological polar surface area (TPSA) is 18.5 Å². The van der Waals surface area contributed by atoms with Crippen LogP contribution in [-0.2, 0) is 0 Å². The van der Waals surface area contributed by atoms with E-state index in [-0.39, 0.29) is 0 Å². The zero-order valence-electron chi connectivity index (χ0n) is 11.8. The van der Waals surface area contributed by atoms with Crippen LogP contribution in [0, 0.1) is 0 Å². The van der Waals surface area contributed by atoms with Gasteiger partial charge in [-0.25, -0.2) is 0 Å². The lowest BCUT2D eigenvalue weighted by Crippen LogP contribution is -2.50. The highest BCUT2D eigenvalue weighted by atomic mass is 15.2. The van der Waals surface area contributed by atoms with Crippen molar-refractivity contribution < 1.29 is 0 Å². The molecule has 1 unspecified atom stereocenters. The van der Waals surface area contributed by atoms with Gasteiger partial charge in [-0.15, -0.1) is 0 Å². The molecule has 0 amide bonds. The van der Waals surface area contributed by atoms with Crippen molar-refractivity contribution in [3.05, 3.63) is 0 Å². The van der Waals surface area contributed by atoms with E-state index in [9.17, 15) is 0 Å². The first-order valence-corrected chi connectivity index (χ1v) is 7.28. The zero-order valence-corrected chi connectivity index (χ0v) is 11.8. The minimum Gasteiger partial charge on any atom is -0.317 e. The molecule has 1 saturated heterocycles. The van der Waals surface area contributed by atoms with Crippen molar-refractivity contribution in [2.75, 3.05) is 34.2 Å². The Bertz CT molecular complexity index is 222. The van der Waals surface area contributed by atoms with E-state index in [0.717, 1.165) is 18.1 Å². The van der Waals surface area contributed by atoms with Gasteiger partial charge in [0, 0.05) is 24.7 Å². The first kappa shape index (κ1) is 13.3. The molecule has 1 aliphatic heterocycles. The quantitative estimate of drug-likeness (QED) is 0.806. The molecule has 0 aromatic rings. The first-order chi connectivity index (χ1) is 8.20. The third-order valence-electron chi connectivity index (χ3n) is 4.78. The van der Waals surface area contributed by atoms with Gasteiger partial charge >= 0.3 is 0 Å². The Morgan fingerprint density at radius 1 is 1.06 bits per heavy atom. The average Bonchev–Trinajstić information content (AvgIpc) is 2.39. The third kappa shape index (κ3) is 3.43. The average molecular weight is 239 g/mol. The molecular formula is C14H29N3. The summed E-state index contributed by atoms with van der Waals surface area (Å²) < 4.78 is 0. The molecular weight excluding hydrogens is 210 g/mol. The number of nitrogens with zero attached hydrogens (tertiary/aromatic N) is 2. The van der Waals surface area contributed by atoms with Gasteiger partial charge < -0.3 is 10.2 Å². The minimum absolute atomic E-state index is 0.778. The van der Waals surface area contributed by atoms with E-state index in [4.69, 9.17) is 0 Å². The molecule has 17 heavy (non-hydrogen) atoms. The van der Waals surface area contributed by atoms with Crippen molar-refractivity contribution in [2.45, 2.75) is 56.7 Å². The molecule has 0 bridgehead atoms. The highest BCUT2D eigenvalue weighted by Crippen LogP contribution is 2.26. The van der Waals surface area contributed by atoms with Gasteiger partial charge in [-0.3, -0.25) is 4.90 Å². The Morgan fingerprint density at radius 3 is 2.35 bits per heavy atom. The molecule has 1 heterocycles. The lowest BCUT2D eigenvalue weighted by atomic mass is 9.89. The lowest BCUT2D eigenvalue weighted by Gasteiger charge is -2.43. The molecule has 2 fully saturated rings. The summed E-state index contributed by atoms with van der Waals surface area (Å²) in [5.74, 6) is 0. The van der Waals surface area contributed by atoms with E-state index in [1.165, 1.54) is 51.6 Å². The summed E-state index contributed by atoms with van der Waals surface area (Å²) >= 11 is 0. The lowest BCUT2D eigenvalue weighted by molar-refractivity contribution is 0.0741. The predicted octanol–water partition coefficient (Wildman–Crippen LogP) is 1.54. The van der Waals surface area contributed by atoms with Crippen molar-refractivity contribution in [1.29, 1.82) is 0 Å². The second-order valence-corrected chi connectivity index (χ2v) is 6.05. The van der Waals surface area contributed by atoms with Gasteiger partial charge in [-0.1, -0.05) is 0 Å². The Kier molecular flexibility index (Phi) is 4.83. The summed E-state index contributed by atoms with van der Waals surface area (Å²) in [6.45, 7) is 2.63. The number of likely N-dealkylation sites (N-methyl/N-ethyl adjacent to an activating group) is 1. The van der Waals surface area contributed by atoms with E-state index in [2.05, 4.69) is 36.3 Å². The largest absolute Gasteiger partial charge is 0.317 e. The molecule has 0 radical (unpaired) electrons. The number of nitrogens with one attached hydrogen (secondary N) is 1. The van der Waals surface area contributed by atoms with Gasteiger partial charge in [-0.2, -0.15) is 0 Å². The van der Waals surface area contributed by atoms with Crippen LogP contribution >= 0.6 is 0 Å². The molecule has 1 aliphatic carbocycles. The van der Waals surface area contributed by atoms with E-state index in [1.54, 1.807) is 0 Å². The fourth-order valence-electron chi connectivity index (χ4n) is 3.47. The maximum atomic E-state index is 3.43. The molecule has 3 nitrogen and oxygen atoms in total. The minimum atomic E-state index is 0.778. The normalized spacial score (nSPS) is 36.4. The monoisotopic (exact) mass is 239 g/mol. The Labute approximate surface area is 107 Å². The summed E-state index contributed by atoms with van der Waals surface area (Å²) in [6.07, 6.45) is 8.29. The van der Waals surface area contributed by atoms with E-state index < -0.39 is 0 Å². The van der Waals surface area contributed by atoms with Crippen LogP contribution in [0.25, 0.3) is 0 Å². The number of likely N-dealkylation sites (tertiary alicyclic amines) is 1. The smallest absolute Gasteiger partial charge is 0.0217 e. The van der Waals surface area contributed by atoms with Gasteiger partial charge in [0.25, 0.3) is 0 Å².